The minimum Gasteiger partial charge on any atom is -0.492 e. The Labute approximate surface area is 196 Å². The summed E-state index contributed by atoms with van der Waals surface area (Å²) in [5.41, 5.74) is 3.48. The van der Waals surface area contributed by atoms with E-state index >= 15 is 0 Å². The number of methoxy groups -OCH3 is 1. The van der Waals surface area contributed by atoms with Crippen LogP contribution in [0.1, 0.15) is 28.4 Å². The topological polar surface area (TPSA) is 97.5 Å². The maximum absolute atomic E-state index is 14.4. The van der Waals surface area contributed by atoms with Crippen LogP contribution in [0.4, 0.5) is 15.8 Å². The number of aromatic amines is 1. The lowest BCUT2D eigenvalue weighted by atomic mass is 9.97. The number of pyridine rings is 1. The number of hydrogen-bond donors (Lipinski definition) is 3. The molecule has 0 saturated carbocycles. The lowest BCUT2D eigenvalue weighted by Gasteiger charge is -2.23. The van der Waals surface area contributed by atoms with Gasteiger partial charge in [0.2, 0.25) is 0 Å². The van der Waals surface area contributed by atoms with Crippen molar-refractivity contribution in [1.82, 2.24) is 15.3 Å². The summed E-state index contributed by atoms with van der Waals surface area (Å²) >= 11 is 0. The van der Waals surface area contributed by atoms with Gasteiger partial charge in [0.25, 0.3) is 5.91 Å². The van der Waals surface area contributed by atoms with Gasteiger partial charge in [-0.15, -0.1) is 0 Å². The first-order valence-electron chi connectivity index (χ1n) is 11.1. The van der Waals surface area contributed by atoms with Crippen LogP contribution in [-0.4, -0.2) is 49.4 Å². The Morgan fingerprint density at radius 3 is 3.06 bits per heavy atom. The van der Waals surface area contributed by atoms with E-state index < -0.39 is 5.82 Å². The molecule has 5 rings (SSSR count). The van der Waals surface area contributed by atoms with Gasteiger partial charge in [-0.05, 0) is 24.6 Å². The van der Waals surface area contributed by atoms with Crippen LogP contribution >= 0.6 is 0 Å². The second-order valence-corrected chi connectivity index (χ2v) is 8.03. The first-order valence-corrected chi connectivity index (χ1v) is 11.1. The molecule has 0 fully saturated rings. The third kappa shape index (κ3) is 4.10. The predicted octanol–water partition coefficient (Wildman–Crippen LogP) is 4.15. The van der Waals surface area contributed by atoms with Crippen molar-refractivity contribution >= 4 is 17.3 Å². The fraction of sp³-hybridized carbons (Fsp3) is 0.280. The summed E-state index contributed by atoms with van der Waals surface area (Å²) < 4.78 is 31.6. The molecule has 3 aromatic rings. The quantitative estimate of drug-likeness (QED) is 0.504. The van der Waals surface area contributed by atoms with Crippen molar-refractivity contribution in [2.45, 2.75) is 12.3 Å². The molecular weight excluding hydrogens is 439 g/mol. The lowest BCUT2D eigenvalue weighted by Crippen LogP contribution is -2.36. The first-order chi connectivity index (χ1) is 16.7. The average molecular weight is 464 g/mol. The summed E-state index contributed by atoms with van der Waals surface area (Å²) in [5.74, 6) is -0.184. The van der Waals surface area contributed by atoms with Crippen molar-refractivity contribution in [3.05, 3.63) is 65.9 Å². The van der Waals surface area contributed by atoms with Crippen molar-refractivity contribution in [3.8, 4) is 22.8 Å². The van der Waals surface area contributed by atoms with Crippen LogP contribution in [0.5, 0.6) is 11.5 Å². The number of ether oxygens (including phenoxy) is 3. The zero-order chi connectivity index (χ0) is 23.5. The number of nitrogens with one attached hydrogen (secondary N) is 3. The van der Waals surface area contributed by atoms with Crippen molar-refractivity contribution in [2.75, 3.05) is 38.8 Å². The van der Waals surface area contributed by atoms with Crippen LogP contribution < -0.4 is 20.1 Å². The van der Waals surface area contributed by atoms with E-state index in [0.717, 1.165) is 11.3 Å². The van der Waals surface area contributed by atoms with Gasteiger partial charge in [-0.1, -0.05) is 18.2 Å². The number of amides is 1. The standard InChI is InChI=1S/C25H25FN4O4/c1-32-24-17(26)6-5-7-18(24)29-23-20-21-15(12-28-25(20)31)14-33-10-3-2-4-11-34-19-13-27-9-8-16(19)22(23)30-21/h2-3,5-9,13,15,29-30H,4,10-12,14H2,1H3,(H,28,31)/b3-2+/t15-/m1/s1. The highest BCUT2D eigenvalue weighted by atomic mass is 19.1. The number of H-pyrrole nitrogens is 1. The molecule has 0 radical (unpaired) electrons. The molecule has 2 aliphatic rings. The summed E-state index contributed by atoms with van der Waals surface area (Å²) in [7, 11) is 1.40. The Kier molecular flexibility index (Phi) is 6.18. The Morgan fingerprint density at radius 2 is 2.18 bits per heavy atom. The molecule has 1 amide bonds. The third-order valence-corrected chi connectivity index (χ3v) is 5.90. The number of carbonyl (C=O) groups is 1. The van der Waals surface area contributed by atoms with E-state index in [9.17, 15) is 9.18 Å². The average Bonchev–Trinajstić information content (AvgIpc) is 3.22. The minimum atomic E-state index is -0.506. The number of para-hydroxylation sites is 1. The van der Waals surface area contributed by atoms with E-state index in [4.69, 9.17) is 14.2 Å². The highest BCUT2D eigenvalue weighted by Crippen LogP contribution is 2.43. The first kappa shape index (κ1) is 22.0. The largest absolute Gasteiger partial charge is 0.492 e. The molecular formula is C25H25FN4O4. The SMILES string of the molecule is COc1c(F)cccc1Nc1c2[nH]c3c1C(=O)NC[C@@H]3COC/C=C/CCOc1cnccc1-2. The number of aromatic nitrogens is 2. The summed E-state index contributed by atoms with van der Waals surface area (Å²) in [6.45, 7) is 1.80. The Balaban J connectivity index is 1.70. The lowest BCUT2D eigenvalue weighted by molar-refractivity contribution is 0.0916. The van der Waals surface area contributed by atoms with Crippen molar-refractivity contribution < 1.29 is 23.4 Å². The van der Waals surface area contributed by atoms with Gasteiger partial charge in [0.05, 0.1) is 55.8 Å². The molecule has 4 heterocycles. The molecule has 0 aliphatic carbocycles. The molecule has 2 aliphatic heterocycles. The number of carbonyl (C=O) groups excluding carboxylic acids is 1. The van der Waals surface area contributed by atoms with Crippen LogP contribution in [0.15, 0.2) is 48.8 Å². The van der Waals surface area contributed by atoms with E-state index in [1.165, 1.54) is 13.2 Å². The van der Waals surface area contributed by atoms with Crippen molar-refractivity contribution in [1.29, 1.82) is 0 Å². The molecule has 3 N–H and O–H groups in total. The van der Waals surface area contributed by atoms with Crippen molar-refractivity contribution in [2.24, 2.45) is 0 Å². The molecule has 2 aromatic heterocycles. The minimum absolute atomic E-state index is 0.0580. The predicted molar refractivity (Wildman–Crippen MR) is 125 cm³/mol. The zero-order valence-electron chi connectivity index (χ0n) is 18.7. The number of halogens is 1. The van der Waals surface area contributed by atoms with Crippen molar-refractivity contribution in [3.63, 3.8) is 0 Å². The smallest absolute Gasteiger partial charge is 0.255 e. The summed E-state index contributed by atoms with van der Waals surface area (Å²) in [5, 5.41) is 6.21. The van der Waals surface area contributed by atoms with E-state index in [-0.39, 0.29) is 17.6 Å². The van der Waals surface area contributed by atoms with Gasteiger partial charge in [-0.25, -0.2) is 4.39 Å². The van der Waals surface area contributed by atoms with Gasteiger partial charge in [0.15, 0.2) is 11.6 Å². The fourth-order valence-electron chi connectivity index (χ4n) is 4.29. The molecule has 176 valence electrons. The van der Waals surface area contributed by atoms with Crippen LogP contribution in [-0.2, 0) is 4.74 Å². The van der Waals surface area contributed by atoms with E-state index in [1.807, 2.05) is 18.2 Å². The highest BCUT2D eigenvalue weighted by Gasteiger charge is 2.34. The molecule has 0 spiro atoms. The fourth-order valence-corrected chi connectivity index (χ4v) is 4.29. The molecule has 2 bridgehead atoms. The van der Waals surface area contributed by atoms with Crippen LogP contribution in [0.3, 0.4) is 0 Å². The van der Waals surface area contributed by atoms with Gasteiger partial charge < -0.3 is 29.8 Å². The van der Waals surface area contributed by atoms with Crippen LogP contribution in [0.2, 0.25) is 0 Å². The van der Waals surface area contributed by atoms with E-state index in [1.54, 1.807) is 24.5 Å². The van der Waals surface area contributed by atoms with Crippen LogP contribution in [0.25, 0.3) is 11.3 Å². The molecule has 1 atom stereocenters. The van der Waals surface area contributed by atoms with E-state index in [0.29, 0.717) is 61.2 Å². The second kappa shape index (κ2) is 9.56. The van der Waals surface area contributed by atoms with Crippen LogP contribution in [0, 0.1) is 5.82 Å². The number of anilines is 2. The summed E-state index contributed by atoms with van der Waals surface area (Å²) in [4.78, 5) is 20.8. The Bertz CT molecular complexity index is 1240. The molecule has 0 saturated heterocycles. The second-order valence-electron chi connectivity index (χ2n) is 8.03. The number of benzene rings is 1. The molecule has 0 unspecified atom stereocenters. The highest BCUT2D eigenvalue weighted by molar-refractivity contribution is 6.07. The van der Waals surface area contributed by atoms with Gasteiger partial charge in [0.1, 0.15) is 5.75 Å². The molecule has 1 aromatic carbocycles. The number of fused-ring (bicyclic) bond motifs is 3. The van der Waals surface area contributed by atoms with Gasteiger partial charge >= 0.3 is 0 Å². The Morgan fingerprint density at radius 1 is 1.26 bits per heavy atom. The summed E-state index contributed by atoms with van der Waals surface area (Å²) in [6.07, 6.45) is 8.01. The van der Waals surface area contributed by atoms with Gasteiger partial charge in [-0.2, -0.15) is 0 Å². The van der Waals surface area contributed by atoms with E-state index in [2.05, 4.69) is 20.6 Å². The number of hydrogen-bond acceptors (Lipinski definition) is 6. The maximum atomic E-state index is 14.4. The zero-order valence-corrected chi connectivity index (χ0v) is 18.7. The normalized spacial score (nSPS) is 18.6. The third-order valence-electron chi connectivity index (χ3n) is 5.90. The summed E-state index contributed by atoms with van der Waals surface area (Å²) in [6, 6.07) is 6.43. The molecule has 34 heavy (non-hydrogen) atoms. The maximum Gasteiger partial charge on any atom is 0.255 e. The monoisotopic (exact) mass is 464 g/mol. The molecule has 8 nitrogen and oxygen atoms in total. The number of nitrogens with zero attached hydrogens (tertiary/aromatic N) is 1. The molecule has 9 heteroatoms. The van der Waals surface area contributed by atoms with Gasteiger partial charge in [0, 0.05) is 29.9 Å². The number of rotatable bonds is 3. The van der Waals surface area contributed by atoms with Gasteiger partial charge in [-0.3, -0.25) is 9.78 Å². The Hall–Kier alpha value is -3.85.